The van der Waals surface area contributed by atoms with Gasteiger partial charge in [0.2, 0.25) is 0 Å². The van der Waals surface area contributed by atoms with Gasteiger partial charge in [-0.15, -0.1) is 0 Å². The fourth-order valence-corrected chi connectivity index (χ4v) is 5.45. The van der Waals surface area contributed by atoms with Gasteiger partial charge in [-0.2, -0.15) is 0 Å². The van der Waals surface area contributed by atoms with Crippen molar-refractivity contribution in [3.8, 4) is 5.75 Å². The lowest BCUT2D eigenvalue weighted by atomic mass is 9.50. The van der Waals surface area contributed by atoms with Gasteiger partial charge in [-0.05, 0) is 61.5 Å². The van der Waals surface area contributed by atoms with Crippen LogP contribution in [0.5, 0.6) is 5.75 Å². The average Bonchev–Trinajstić information content (AvgIpc) is 2.67. The summed E-state index contributed by atoms with van der Waals surface area (Å²) >= 11 is 0. The number of allylic oxidation sites excluding steroid dienone is 1. The first kappa shape index (κ1) is 20.8. The minimum Gasteiger partial charge on any atom is -0.494 e. The van der Waals surface area contributed by atoms with Crippen LogP contribution in [-0.4, -0.2) is 34.5 Å². The topological polar surface area (TPSA) is 92.8 Å². The number of nitrogens with zero attached hydrogens (tertiary/aromatic N) is 1. The van der Waals surface area contributed by atoms with Crippen molar-refractivity contribution in [2.45, 2.75) is 45.6 Å². The van der Waals surface area contributed by atoms with Crippen LogP contribution in [0, 0.1) is 39.2 Å². The number of benzene rings is 1. The Balaban J connectivity index is 1.68. The number of fused-ring (bicyclic) bond motifs is 1. The SMILES string of the molecule is C=C1CCC2C(C(C)CC(O)C2(C)CO)C1CCOc1ccc([N+](=O)[O-])cc1. The Labute approximate surface area is 166 Å². The fraction of sp³-hybridized carbons (Fsp3) is 0.636. The Kier molecular flexibility index (Phi) is 6.10. The molecule has 0 radical (unpaired) electrons. The number of nitro benzene ring substituents is 1. The van der Waals surface area contributed by atoms with E-state index in [1.54, 1.807) is 12.1 Å². The summed E-state index contributed by atoms with van der Waals surface area (Å²) in [7, 11) is 0. The summed E-state index contributed by atoms with van der Waals surface area (Å²) in [4.78, 5) is 10.3. The highest BCUT2D eigenvalue weighted by atomic mass is 16.6. The van der Waals surface area contributed by atoms with Crippen LogP contribution in [0.1, 0.15) is 39.5 Å². The number of ether oxygens (including phenoxy) is 1. The van der Waals surface area contributed by atoms with E-state index in [1.807, 2.05) is 6.92 Å². The average molecular weight is 389 g/mol. The van der Waals surface area contributed by atoms with E-state index in [0.717, 1.165) is 19.3 Å². The molecule has 2 aliphatic carbocycles. The van der Waals surface area contributed by atoms with Gasteiger partial charge in [0, 0.05) is 17.5 Å². The molecule has 2 saturated carbocycles. The van der Waals surface area contributed by atoms with Crippen LogP contribution in [-0.2, 0) is 0 Å². The second-order valence-corrected chi connectivity index (χ2v) is 8.77. The van der Waals surface area contributed by atoms with E-state index in [9.17, 15) is 20.3 Å². The number of non-ortho nitro benzene ring substituents is 1. The third kappa shape index (κ3) is 3.80. The molecule has 6 atom stereocenters. The van der Waals surface area contributed by atoms with Crippen molar-refractivity contribution in [2.75, 3.05) is 13.2 Å². The Hall–Kier alpha value is -1.92. The van der Waals surface area contributed by atoms with E-state index in [-0.39, 0.29) is 18.2 Å². The highest BCUT2D eigenvalue weighted by Crippen LogP contribution is 2.56. The van der Waals surface area contributed by atoms with Crippen LogP contribution < -0.4 is 4.74 Å². The Morgan fingerprint density at radius 2 is 2.04 bits per heavy atom. The first-order chi connectivity index (χ1) is 13.3. The maximum absolute atomic E-state index is 10.8. The number of nitro groups is 1. The lowest BCUT2D eigenvalue weighted by molar-refractivity contribution is -0.384. The monoisotopic (exact) mass is 389 g/mol. The second kappa shape index (κ2) is 8.21. The predicted octanol–water partition coefficient (Wildman–Crippen LogP) is 3.96. The fourth-order valence-electron chi connectivity index (χ4n) is 5.45. The molecule has 0 heterocycles. The van der Waals surface area contributed by atoms with Crippen molar-refractivity contribution >= 4 is 5.69 Å². The zero-order valence-electron chi connectivity index (χ0n) is 16.7. The van der Waals surface area contributed by atoms with Crippen LogP contribution in [0.4, 0.5) is 5.69 Å². The number of hydrogen-bond acceptors (Lipinski definition) is 5. The molecule has 1 aromatic carbocycles. The van der Waals surface area contributed by atoms with Gasteiger partial charge < -0.3 is 14.9 Å². The summed E-state index contributed by atoms with van der Waals surface area (Å²) in [6.07, 6.45) is 2.92. The van der Waals surface area contributed by atoms with Crippen LogP contribution in [0.25, 0.3) is 0 Å². The first-order valence-corrected chi connectivity index (χ1v) is 10.1. The molecule has 6 nitrogen and oxygen atoms in total. The molecule has 1 aromatic rings. The summed E-state index contributed by atoms with van der Waals surface area (Å²) in [5, 5.41) is 31.4. The largest absolute Gasteiger partial charge is 0.494 e. The molecule has 3 rings (SSSR count). The van der Waals surface area contributed by atoms with Gasteiger partial charge in [-0.3, -0.25) is 10.1 Å². The highest BCUT2D eigenvalue weighted by Gasteiger charge is 2.53. The summed E-state index contributed by atoms with van der Waals surface area (Å²) < 4.78 is 5.84. The lowest BCUT2D eigenvalue weighted by Gasteiger charge is -2.56. The number of aliphatic hydroxyl groups is 2. The van der Waals surface area contributed by atoms with Crippen molar-refractivity contribution in [2.24, 2.45) is 29.1 Å². The van der Waals surface area contributed by atoms with E-state index in [1.165, 1.54) is 17.7 Å². The molecule has 0 bridgehead atoms. The third-order valence-corrected chi connectivity index (χ3v) is 7.18. The van der Waals surface area contributed by atoms with Gasteiger partial charge >= 0.3 is 0 Å². The van der Waals surface area contributed by atoms with E-state index in [4.69, 9.17) is 4.74 Å². The molecule has 6 heteroatoms. The van der Waals surface area contributed by atoms with Crippen molar-refractivity contribution in [1.82, 2.24) is 0 Å². The van der Waals surface area contributed by atoms with Gasteiger partial charge in [0.05, 0.1) is 24.2 Å². The zero-order chi connectivity index (χ0) is 20.5. The molecule has 0 saturated heterocycles. The van der Waals surface area contributed by atoms with E-state index >= 15 is 0 Å². The maximum atomic E-state index is 10.8. The predicted molar refractivity (Wildman–Crippen MR) is 107 cm³/mol. The van der Waals surface area contributed by atoms with Crippen molar-refractivity contribution in [3.63, 3.8) is 0 Å². The summed E-state index contributed by atoms with van der Waals surface area (Å²) in [6, 6.07) is 6.14. The van der Waals surface area contributed by atoms with Gasteiger partial charge in [0.25, 0.3) is 5.69 Å². The maximum Gasteiger partial charge on any atom is 0.269 e. The van der Waals surface area contributed by atoms with E-state index in [2.05, 4.69) is 13.5 Å². The van der Waals surface area contributed by atoms with Gasteiger partial charge in [-0.25, -0.2) is 0 Å². The first-order valence-electron chi connectivity index (χ1n) is 10.1. The van der Waals surface area contributed by atoms with E-state index in [0.29, 0.717) is 36.5 Å². The molecule has 2 fully saturated rings. The van der Waals surface area contributed by atoms with Crippen molar-refractivity contribution < 1.29 is 19.9 Å². The molecule has 154 valence electrons. The molecule has 0 aliphatic heterocycles. The molecule has 2 N–H and O–H groups in total. The van der Waals surface area contributed by atoms with Gasteiger partial charge in [0.15, 0.2) is 0 Å². The molecular formula is C22H31NO5. The number of aliphatic hydroxyl groups excluding tert-OH is 2. The van der Waals surface area contributed by atoms with Crippen LogP contribution in [0.3, 0.4) is 0 Å². The standard InChI is InChI=1S/C22H31NO5/c1-14-4-9-19-21(15(2)12-20(25)22(19,3)13-24)18(14)10-11-28-17-7-5-16(6-8-17)23(26)27/h5-8,15,18-21,24-25H,1,4,9-13H2,2-3H3. The minimum absolute atomic E-state index is 0.000540. The quantitative estimate of drug-likeness (QED) is 0.436. The van der Waals surface area contributed by atoms with E-state index < -0.39 is 16.4 Å². The van der Waals surface area contributed by atoms with Crippen LogP contribution in [0.2, 0.25) is 0 Å². The molecule has 2 aliphatic rings. The molecule has 28 heavy (non-hydrogen) atoms. The number of hydrogen-bond donors (Lipinski definition) is 2. The highest BCUT2D eigenvalue weighted by molar-refractivity contribution is 5.35. The molecule has 0 spiro atoms. The zero-order valence-corrected chi connectivity index (χ0v) is 16.7. The summed E-state index contributed by atoms with van der Waals surface area (Å²) in [5.41, 5.74) is 0.820. The van der Waals surface area contributed by atoms with Crippen molar-refractivity contribution in [3.05, 3.63) is 46.5 Å². The van der Waals surface area contributed by atoms with Crippen LogP contribution in [0.15, 0.2) is 36.4 Å². The molecule has 0 amide bonds. The molecular weight excluding hydrogens is 358 g/mol. The molecule has 6 unspecified atom stereocenters. The Bertz CT molecular complexity index is 718. The normalized spacial score (nSPS) is 35.3. The summed E-state index contributed by atoms with van der Waals surface area (Å²) in [6.45, 7) is 9.03. The second-order valence-electron chi connectivity index (χ2n) is 8.77. The van der Waals surface area contributed by atoms with Gasteiger partial charge in [-0.1, -0.05) is 26.0 Å². The lowest BCUT2D eigenvalue weighted by Crippen LogP contribution is -2.55. The molecule has 0 aromatic heterocycles. The van der Waals surface area contributed by atoms with Gasteiger partial charge in [0.1, 0.15) is 5.75 Å². The van der Waals surface area contributed by atoms with Crippen LogP contribution >= 0.6 is 0 Å². The summed E-state index contributed by atoms with van der Waals surface area (Å²) in [5.74, 6) is 1.93. The smallest absolute Gasteiger partial charge is 0.269 e. The van der Waals surface area contributed by atoms with Crippen molar-refractivity contribution in [1.29, 1.82) is 0 Å². The number of rotatable bonds is 6. The minimum atomic E-state index is -0.475. The Morgan fingerprint density at radius 1 is 1.36 bits per heavy atom. The third-order valence-electron chi connectivity index (χ3n) is 7.18. The Morgan fingerprint density at radius 3 is 2.64 bits per heavy atom.